The average molecular weight is 244 g/mol. The zero-order chi connectivity index (χ0) is 12.0. The molecule has 16 heavy (non-hydrogen) atoms. The third-order valence-electron chi connectivity index (χ3n) is 3.36. The van der Waals surface area contributed by atoms with Gasteiger partial charge in [-0.25, -0.2) is 0 Å². The zero-order valence-electron chi connectivity index (χ0n) is 10.4. The van der Waals surface area contributed by atoms with Crippen LogP contribution in [-0.4, -0.2) is 30.0 Å². The monoisotopic (exact) mass is 244 g/mol. The summed E-state index contributed by atoms with van der Waals surface area (Å²) >= 11 is 1.86. The van der Waals surface area contributed by atoms with Gasteiger partial charge in [-0.15, -0.1) is 0 Å². The van der Waals surface area contributed by atoms with Crippen molar-refractivity contribution in [3.05, 3.63) is 0 Å². The van der Waals surface area contributed by atoms with E-state index in [-0.39, 0.29) is 17.4 Å². The fourth-order valence-electron chi connectivity index (χ4n) is 2.13. The first kappa shape index (κ1) is 13.8. The maximum Gasteiger partial charge on any atom is 0.220 e. The van der Waals surface area contributed by atoms with Crippen LogP contribution in [0, 0.1) is 5.41 Å². The molecule has 0 bridgehead atoms. The van der Waals surface area contributed by atoms with Crippen LogP contribution in [0.4, 0.5) is 0 Å². The van der Waals surface area contributed by atoms with Crippen molar-refractivity contribution in [2.75, 3.05) is 18.1 Å². The molecule has 0 aromatic heterocycles. The van der Waals surface area contributed by atoms with Crippen LogP contribution in [0.25, 0.3) is 0 Å². The van der Waals surface area contributed by atoms with E-state index in [0.29, 0.717) is 13.0 Å². The van der Waals surface area contributed by atoms with Gasteiger partial charge in [-0.2, -0.15) is 11.8 Å². The number of hydrogen-bond donors (Lipinski definition) is 2. The van der Waals surface area contributed by atoms with Gasteiger partial charge in [0, 0.05) is 18.2 Å². The van der Waals surface area contributed by atoms with E-state index in [1.165, 1.54) is 6.42 Å². The Bertz CT molecular complexity index is 224. The molecular weight excluding hydrogens is 220 g/mol. The van der Waals surface area contributed by atoms with Crippen molar-refractivity contribution in [1.29, 1.82) is 0 Å². The Morgan fingerprint density at radius 2 is 2.25 bits per heavy atom. The number of carbonyl (C=O) groups excluding carboxylic acids is 1. The van der Waals surface area contributed by atoms with Crippen LogP contribution in [0.3, 0.4) is 0 Å². The van der Waals surface area contributed by atoms with Gasteiger partial charge < -0.3 is 11.1 Å². The Kier molecular flexibility index (Phi) is 5.62. The molecule has 0 aromatic carbocycles. The maximum atomic E-state index is 11.8. The van der Waals surface area contributed by atoms with Gasteiger partial charge in [-0.1, -0.05) is 13.3 Å². The molecule has 0 spiro atoms. The molecule has 1 fully saturated rings. The maximum absolute atomic E-state index is 11.8. The Morgan fingerprint density at radius 3 is 2.69 bits per heavy atom. The van der Waals surface area contributed by atoms with Gasteiger partial charge in [0.05, 0.1) is 0 Å². The van der Waals surface area contributed by atoms with Crippen LogP contribution in [-0.2, 0) is 4.79 Å². The van der Waals surface area contributed by atoms with Crippen molar-refractivity contribution < 1.29 is 4.79 Å². The minimum absolute atomic E-state index is 0.127. The molecule has 1 saturated carbocycles. The Morgan fingerprint density at radius 1 is 1.56 bits per heavy atom. The summed E-state index contributed by atoms with van der Waals surface area (Å²) in [6.45, 7) is 4.85. The number of thioether (sulfide) groups is 1. The standard InChI is InChI=1S/C12H24N2OS/c1-3-16-8-10(2)14-11(15)7-12(9-13)5-4-6-12/h10H,3-9,13H2,1-2H3,(H,14,15). The van der Waals surface area contributed by atoms with E-state index in [4.69, 9.17) is 5.73 Å². The number of hydrogen-bond acceptors (Lipinski definition) is 3. The van der Waals surface area contributed by atoms with E-state index in [1.54, 1.807) is 0 Å². The minimum atomic E-state index is 0.127. The lowest BCUT2D eigenvalue weighted by Gasteiger charge is -2.40. The van der Waals surface area contributed by atoms with Gasteiger partial charge in [0.2, 0.25) is 5.91 Å². The second kappa shape index (κ2) is 6.50. The van der Waals surface area contributed by atoms with Crippen molar-refractivity contribution in [1.82, 2.24) is 5.32 Å². The molecule has 4 heteroatoms. The molecule has 1 unspecified atom stereocenters. The van der Waals surface area contributed by atoms with Crippen LogP contribution in [0.2, 0.25) is 0 Å². The van der Waals surface area contributed by atoms with E-state index >= 15 is 0 Å². The van der Waals surface area contributed by atoms with Crippen LogP contribution in [0.5, 0.6) is 0 Å². The number of rotatable bonds is 7. The molecule has 3 nitrogen and oxygen atoms in total. The summed E-state index contributed by atoms with van der Waals surface area (Å²) < 4.78 is 0. The third-order valence-corrected chi connectivity index (χ3v) is 4.51. The smallest absolute Gasteiger partial charge is 0.220 e. The molecule has 3 N–H and O–H groups in total. The molecule has 1 rings (SSSR count). The second-order valence-corrected chi connectivity index (χ2v) is 6.18. The normalized spacial score (nSPS) is 19.9. The number of nitrogens with one attached hydrogen (secondary N) is 1. The highest BCUT2D eigenvalue weighted by molar-refractivity contribution is 7.99. The Hall–Kier alpha value is -0.220. The third kappa shape index (κ3) is 3.98. The molecule has 1 aliphatic carbocycles. The van der Waals surface area contributed by atoms with Gasteiger partial charge in [-0.05, 0) is 37.5 Å². The highest BCUT2D eigenvalue weighted by Crippen LogP contribution is 2.42. The van der Waals surface area contributed by atoms with E-state index in [2.05, 4.69) is 19.2 Å². The van der Waals surface area contributed by atoms with Crippen molar-refractivity contribution in [3.8, 4) is 0 Å². The molecule has 0 aromatic rings. The lowest BCUT2D eigenvalue weighted by atomic mass is 9.66. The average Bonchev–Trinajstić information content (AvgIpc) is 2.20. The van der Waals surface area contributed by atoms with Crippen LogP contribution in [0.1, 0.15) is 39.5 Å². The highest BCUT2D eigenvalue weighted by Gasteiger charge is 2.37. The molecular formula is C12H24N2OS. The van der Waals surface area contributed by atoms with Gasteiger partial charge in [0.1, 0.15) is 0 Å². The molecule has 0 saturated heterocycles. The summed E-state index contributed by atoms with van der Waals surface area (Å²) in [7, 11) is 0. The molecule has 94 valence electrons. The number of carbonyl (C=O) groups is 1. The fraction of sp³-hybridized carbons (Fsp3) is 0.917. The fourth-order valence-corrected chi connectivity index (χ4v) is 2.81. The Balaban J connectivity index is 2.24. The molecule has 1 atom stereocenters. The SMILES string of the molecule is CCSCC(C)NC(=O)CC1(CN)CCC1. The van der Waals surface area contributed by atoms with Crippen LogP contribution >= 0.6 is 11.8 Å². The van der Waals surface area contributed by atoms with Gasteiger partial charge in [0.15, 0.2) is 0 Å². The van der Waals surface area contributed by atoms with E-state index in [0.717, 1.165) is 24.3 Å². The molecule has 0 aliphatic heterocycles. The van der Waals surface area contributed by atoms with Crippen LogP contribution < -0.4 is 11.1 Å². The van der Waals surface area contributed by atoms with Crippen molar-refractivity contribution in [3.63, 3.8) is 0 Å². The van der Waals surface area contributed by atoms with Gasteiger partial charge in [0.25, 0.3) is 0 Å². The van der Waals surface area contributed by atoms with Crippen molar-refractivity contribution in [2.45, 2.75) is 45.6 Å². The summed E-state index contributed by atoms with van der Waals surface area (Å²) in [6.07, 6.45) is 4.08. The minimum Gasteiger partial charge on any atom is -0.353 e. The van der Waals surface area contributed by atoms with Gasteiger partial charge >= 0.3 is 0 Å². The quantitative estimate of drug-likeness (QED) is 0.717. The molecule has 1 aliphatic rings. The van der Waals surface area contributed by atoms with Crippen molar-refractivity contribution in [2.24, 2.45) is 11.1 Å². The van der Waals surface area contributed by atoms with E-state index < -0.39 is 0 Å². The predicted octanol–water partition coefficient (Wildman–Crippen LogP) is 1.76. The first-order valence-corrected chi connectivity index (χ1v) is 7.34. The van der Waals surface area contributed by atoms with Crippen LogP contribution in [0.15, 0.2) is 0 Å². The van der Waals surface area contributed by atoms with E-state index in [9.17, 15) is 4.79 Å². The molecule has 0 heterocycles. The predicted molar refractivity (Wildman–Crippen MR) is 70.6 cm³/mol. The summed E-state index contributed by atoms with van der Waals surface area (Å²) in [6, 6.07) is 0.271. The number of amides is 1. The largest absolute Gasteiger partial charge is 0.353 e. The summed E-state index contributed by atoms with van der Waals surface area (Å²) in [5.74, 6) is 2.28. The number of nitrogens with two attached hydrogens (primary N) is 1. The van der Waals surface area contributed by atoms with Crippen molar-refractivity contribution >= 4 is 17.7 Å². The van der Waals surface area contributed by atoms with E-state index in [1.807, 2.05) is 11.8 Å². The molecule has 0 radical (unpaired) electrons. The first-order valence-electron chi connectivity index (χ1n) is 6.19. The zero-order valence-corrected chi connectivity index (χ0v) is 11.2. The second-order valence-electron chi connectivity index (χ2n) is 4.86. The first-order chi connectivity index (χ1) is 7.62. The van der Waals surface area contributed by atoms with Gasteiger partial charge in [-0.3, -0.25) is 4.79 Å². The lowest BCUT2D eigenvalue weighted by molar-refractivity contribution is -0.125. The highest BCUT2D eigenvalue weighted by atomic mass is 32.2. The summed E-state index contributed by atoms with van der Waals surface area (Å²) in [5.41, 5.74) is 5.87. The topological polar surface area (TPSA) is 55.1 Å². The lowest BCUT2D eigenvalue weighted by Crippen LogP contribution is -2.44. The Labute approximate surface area is 103 Å². The summed E-state index contributed by atoms with van der Waals surface area (Å²) in [5, 5.41) is 3.06. The molecule has 1 amide bonds. The summed E-state index contributed by atoms with van der Waals surface area (Å²) in [4.78, 5) is 11.8.